The third kappa shape index (κ3) is 3.10. The highest BCUT2D eigenvalue weighted by Gasteiger charge is 2.30. The Morgan fingerprint density at radius 2 is 2.16 bits per heavy atom. The van der Waals surface area contributed by atoms with E-state index >= 15 is 0 Å². The molecule has 3 nitrogen and oxygen atoms in total. The number of benzene rings is 1. The van der Waals surface area contributed by atoms with Crippen LogP contribution in [0.3, 0.4) is 0 Å². The lowest BCUT2D eigenvalue weighted by molar-refractivity contribution is -0.0203. The molecular weight excluding hydrogens is 238 g/mol. The smallest absolute Gasteiger partial charge is 0.120 e. The van der Waals surface area contributed by atoms with E-state index in [-0.39, 0.29) is 6.04 Å². The average molecular weight is 263 g/mol. The number of hydrogen-bond donors (Lipinski definition) is 1. The van der Waals surface area contributed by atoms with Crippen molar-refractivity contribution in [3.05, 3.63) is 29.8 Å². The molecule has 1 N–H and O–H groups in total. The van der Waals surface area contributed by atoms with Gasteiger partial charge in [-0.05, 0) is 31.4 Å². The molecule has 3 atom stereocenters. The Morgan fingerprint density at radius 1 is 1.42 bits per heavy atom. The van der Waals surface area contributed by atoms with Gasteiger partial charge >= 0.3 is 0 Å². The summed E-state index contributed by atoms with van der Waals surface area (Å²) in [6, 6.07) is 7.97. The molecule has 1 saturated heterocycles. The number of phenolic OH excluding ortho intramolecular Hbond substituents is 1. The minimum atomic E-state index is 0.284. The summed E-state index contributed by atoms with van der Waals surface area (Å²) >= 11 is 0. The molecule has 19 heavy (non-hydrogen) atoms. The van der Waals surface area contributed by atoms with Gasteiger partial charge < -0.3 is 9.84 Å². The average Bonchev–Trinajstić information content (AvgIpc) is 2.43. The van der Waals surface area contributed by atoms with E-state index in [4.69, 9.17) is 4.74 Å². The maximum absolute atomic E-state index is 10.1. The van der Waals surface area contributed by atoms with Crippen molar-refractivity contribution in [3.8, 4) is 5.75 Å². The molecule has 0 aromatic heterocycles. The molecule has 3 unspecified atom stereocenters. The first-order chi connectivity index (χ1) is 9.17. The van der Waals surface area contributed by atoms with Crippen LogP contribution >= 0.6 is 0 Å². The Kier molecular flexibility index (Phi) is 4.83. The lowest BCUT2D eigenvalue weighted by Gasteiger charge is -2.40. The minimum absolute atomic E-state index is 0.284. The fraction of sp³-hybridized carbons (Fsp3) is 0.625. The molecule has 0 saturated carbocycles. The number of rotatable bonds is 4. The van der Waals surface area contributed by atoms with Crippen molar-refractivity contribution >= 4 is 0 Å². The van der Waals surface area contributed by atoms with Gasteiger partial charge in [0.15, 0.2) is 0 Å². The molecule has 1 aliphatic rings. The van der Waals surface area contributed by atoms with Gasteiger partial charge in [-0.25, -0.2) is 0 Å². The van der Waals surface area contributed by atoms with E-state index < -0.39 is 0 Å². The molecule has 1 heterocycles. The van der Waals surface area contributed by atoms with Crippen LogP contribution in [0.5, 0.6) is 5.75 Å². The fourth-order valence-corrected chi connectivity index (χ4v) is 3.09. The molecule has 106 valence electrons. The molecule has 1 aliphatic heterocycles. The van der Waals surface area contributed by atoms with Crippen molar-refractivity contribution in [2.75, 3.05) is 20.2 Å². The molecule has 0 spiro atoms. The van der Waals surface area contributed by atoms with Gasteiger partial charge in [0.25, 0.3) is 0 Å². The Hall–Kier alpha value is -1.06. The van der Waals surface area contributed by atoms with Gasteiger partial charge in [-0.3, -0.25) is 4.90 Å². The molecule has 0 amide bonds. The van der Waals surface area contributed by atoms with Crippen molar-refractivity contribution in [2.24, 2.45) is 5.92 Å². The van der Waals surface area contributed by atoms with Gasteiger partial charge in [-0.1, -0.05) is 32.0 Å². The first kappa shape index (κ1) is 14.4. The van der Waals surface area contributed by atoms with Crippen LogP contribution in [-0.4, -0.2) is 36.3 Å². The van der Waals surface area contributed by atoms with E-state index in [1.54, 1.807) is 13.2 Å². The molecule has 0 radical (unpaired) electrons. The van der Waals surface area contributed by atoms with Gasteiger partial charge in [-0.2, -0.15) is 0 Å². The monoisotopic (exact) mass is 263 g/mol. The molecule has 1 fully saturated rings. The highest BCUT2D eigenvalue weighted by Crippen LogP contribution is 2.34. The second-order valence-corrected chi connectivity index (χ2v) is 5.52. The fourth-order valence-electron chi connectivity index (χ4n) is 3.09. The quantitative estimate of drug-likeness (QED) is 0.905. The third-order valence-corrected chi connectivity index (χ3v) is 4.35. The first-order valence-electron chi connectivity index (χ1n) is 7.22. The Bertz CT molecular complexity index is 407. The summed E-state index contributed by atoms with van der Waals surface area (Å²) in [6.45, 7) is 6.46. The zero-order valence-electron chi connectivity index (χ0n) is 12.2. The molecule has 2 rings (SSSR count). The predicted molar refractivity (Wildman–Crippen MR) is 77.3 cm³/mol. The number of phenols is 1. The first-order valence-corrected chi connectivity index (χ1v) is 7.22. The Labute approximate surface area is 116 Å². The van der Waals surface area contributed by atoms with E-state index in [1.807, 2.05) is 18.2 Å². The van der Waals surface area contributed by atoms with Crippen molar-refractivity contribution in [1.29, 1.82) is 0 Å². The van der Waals surface area contributed by atoms with Crippen molar-refractivity contribution in [3.63, 3.8) is 0 Å². The van der Waals surface area contributed by atoms with Crippen LogP contribution in [0, 0.1) is 5.92 Å². The summed E-state index contributed by atoms with van der Waals surface area (Å²) in [5.74, 6) is 1.02. The lowest BCUT2D eigenvalue weighted by Crippen LogP contribution is -2.45. The van der Waals surface area contributed by atoms with Crippen LogP contribution in [-0.2, 0) is 4.74 Å². The molecule has 0 bridgehead atoms. The summed E-state index contributed by atoms with van der Waals surface area (Å²) in [7, 11) is 1.80. The van der Waals surface area contributed by atoms with Gasteiger partial charge in [0.05, 0.1) is 6.10 Å². The largest absolute Gasteiger partial charge is 0.508 e. The standard InChI is InChI=1S/C16H25NO2/c1-4-14(13-7-5-6-8-15(13)18)17-10-9-12(2)16(11-17)19-3/h5-8,12,14,16,18H,4,9-11H2,1-3H3. The van der Waals surface area contributed by atoms with Gasteiger partial charge in [-0.15, -0.1) is 0 Å². The van der Waals surface area contributed by atoms with Crippen LogP contribution in [0.1, 0.15) is 38.3 Å². The number of methoxy groups -OCH3 is 1. The maximum Gasteiger partial charge on any atom is 0.120 e. The number of piperidine rings is 1. The Morgan fingerprint density at radius 3 is 2.79 bits per heavy atom. The predicted octanol–water partition coefficient (Wildman–Crippen LogP) is 3.20. The Balaban J connectivity index is 2.16. The van der Waals surface area contributed by atoms with E-state index in [0.29, 0.717) is 17.8 Å². The van der Waals surface area contributed by atoms with E-state index in [9.17, 15) is 5.11 Å². The summed E-state index contributed by atoms with van der Waals surface area (Å²) in [5.41, 5.74) is 1.04. The number of likely N-dealkylation sites (tertiary alicyclic amines) is 1. The second kappa shape index (κ2) is 6.40. The molecule has 0 aliphatic carbocycles. The molecular formula is C16H25NO2. The number of ether oxygens (including phenoxy) is 1. The van der Waals surface area contributed by atoms with Crippen molar-refractivity contribution in [1.82, 2.24) is 4.90 Å². The normalized spacial score (nSPS) is 26.3. The van der Waals surface area contributed by atoms with Gasteiger partial charge in [0.2, 0.25) is 0 Å². The zero-order chi connectivity index (χ0) is 13.8. The highest BCUT2D eigenvalue weighted by molar-refractivity contribution is 5.34. The van der Waals surface area contributed by atoms with Crippen LogP contribution in [0.15, 0.2) is 24.3 Å². The molecule has 3 heteroatoms. The van der Waals surface area contributed by atoms with Gasteiger partial charge in [0.1, 0.15) is 5.75 Å². The summed E-state index contributed by atoms with van der Waals surface area (Å²) in [5, 5.41) is 10.1. The number of nitrogens with zero attached hydrogens (tertiary/aromatic N) is 1. The van der Waals surface area contributed by atoms with E-state index in [2.05, 4.69) is 18.7 Å². The summed E-state index contributed by atoms with van der Waals surface area (Å²) in [6.07, 6.45) is 2.46. The summed E-state index contributed by atoms with van der Waals surface area (Å²) in [4.78, 5) is 2.45. The van der Waals surface area contributed by atoms with Crippen LogP contribution in [0.25, 0.3) is 0 Å². The van der Waals surface area contributed by atoms with Crippen molar-refractivity contribution in [2.45, 2.75) is 38.8 Å². The number of hydrogen-bond acceptors (Lipinski definition) is 3. The topological polar surface area (TPSA) is 32.7 Å². The van der Waals surface area contributed by atoms with Crippen LogP contribution < -0.4 is 0 Å². The zero-order valence-corrected chi connectivity index (χ0v) is 12.2. The summed E-state index contributed by atoms with van der Waals surface area (Å²) < 4.78 is 5.59. The number of aromatic hydroxyl groups is 1. The second-order valence-electron chi connectivity index (χ2n) is 5.52. The number of para-hydroxylation sites is 1. The van der Waals surface area contributed by atoms with Crippen LogP contribution in [0.2, 0.25) is 0 Å². The SMILES string of the molecule is CCC(c1ccccc1O)N1CCC(C)C(OC)C1. The van der Waals surface area contributed by atoms with Crippen LogP contribution in [0.4, 0.5) is 0 Å². The van der Waals surface area contributed by atoms with Gasteiger partial charge in [0, 0.05) is 25.3 Å². The highest BCUT2D eigenvalue weighted by atomic mass is 16.5. The third-order valence-electron chi connectivity index (χ3n) is 4.35. The maximum atomic E-state index is 10.1. The lowest BCUT2D eigenvalue weighted by atomic mass is 9.92. The molecule has 1 aromatic carbocycles. The molecule has 1 aromatic rings. The minimum Gasteiger partial charge on any atom is -0.508 e. The van der Waals surface area contributed by atoms with E-state index in [1.165, 1.54) is 0 Å². The van der Waals surface area contributed by atoms with E-state index in [0.717, 1.165) is 31.5 Å². The van der Waals surface area contributed by atoms with Crippen molar-refractivity contribution < 1.29 is 9.84 Å².